The van der Waals surface area contributed by atoms with E-state index in [-0.39, 0.29) is 12.2 Å². The minimum atomic E-state index is -1.38. The lowest BCUT2D eigenvalue weighted by molar-refractivity contribution is -0.135. The molecule has 0 aromatic rings. The Morgan fingerprint density at radius 2 is 2.07 bits per heavy atom. The first-order chi connectivity index (χ1) is 6.49. The van der Waals surface area contributed by atoms with Crippen molar-refractivity contribution in [1.29, 1.82) is 0 Å². The molecule has 5 nitrogen and oxygen atoms in total. The fraction of sp³-hybridized carbons (Fsp3) is 0.778. The van der Waals surface area contributed by atoms with E-state index >= 15 is 0 Å². The Morgan fingerprint density at radius 3 is 2.43 bits per heavy atom. The van der Waals surface area contributed by atoms with Crippen molar-refractivity contribution in [1.82, 2.24) is 4.90 Å². The van der Waals surface area contributed by atoms with Gasteiger partial charge in [0.05, 0.1) is 6.04 Å². The van der Waals surface area contributed by atoms with E-state index in [2.05, 4.69) is 0 Å². The maximum absolute atomic E-state index is 11.2. The number of carbonyl (C=O) groups excluding carboxylic acids is 2. The number of hydrogen-bond acceptors (Lipinski definition) is 4. The summed E-state index contributed by atoms with van der Waals surface area (Å²) >= 11 is 0. The average Bonchev–Trinajstić information content (AvgIpc) is 2.35. The molecule has 0 radical (unpaired) electrons. The topological polar surface area (TPSA) is 77.8 Å². The number of amides is 1. The van der Waals surface area contributed by atoms with Gasteiger partial charge in [0.25, 0.3) is 5.91 Å². The van der Waals surface area contributed by atoms with Crippen molar-refractivity contribution in [3.63, 3.8) is 0 Å². The Morgan fingerprint density at radius 1 is 1.50 bits per heavy atom. The Hall–Kier alpha value is -0.940. The molecule has 3 atom stereocenters. The molecular weight excluding hydrogens is 186 g/mol. The SMILES string of the molecule is CCC(=O)C[C@H]1[C@@H](O)[C@H](O)C(=O)N1C. The van der Waals surface area contributed by atoms with Crippen molar-refractivity contribution in [2.75, 3.05) is 7.05 Å². The van der Waals surface area contributed by atoms with Crippen LogP contribution in [0.15, 0.2) is 0 Å². The molecule has 0 aliphatic carbocycles. The summed E-state index contributed by atoms with van der Waals surface area (Å²) in [6.07, 6.45) is -2.05. The standard InChI is InChI=1S/C9H15NO4/c1-3-5(11)4-6-7(12)8(13)9(14)10(6)2/h6-8,12-13H,3-4H2,1-2H3/t6-,7+,8-/m0/s1. The number of ketones is 1. The lowest BCUT2D eigenvalue weighted by Crippen LogP contribution is -2.36. The Bertz CT molecular complexity index is 253. The lowest BCUT2D eigenvalue weighted by Gasteiger charge is -2.20. The Kier molecular flexibility index (Phi) is 3.23. The summed E-state index contributed by atoms with van der Waals surface area (Å²) in [7, 11) is 1.48. The van der Waals surface area contributed by atoms with Crippen LogP contribution in [0.3, 0.4) is 0 Å². The molecule has 1 amide bonds. The molecule has 1 saturated heterocycles. The highest BCUT2D eigenvalue weighted by Gasteiger charge is 2.44. The van der Waals surface area contributed by atoms with E-state index in [1.54, 1.807) is 6.92 Å². The highest BCUT2D eigenvalue weighted by Crippen LogP contribution is 2.21. The summed E-state index contributed by atoms with van der Waals surface area (Å²) < 4.78 is 0. The number of aliphatic hydroxyl groups is 2. The maximum atomic E-state index is 11.2. The van der Waals surface area contributed by atoms with Crippen LogP contribution in [0.1, 0.15) is 19.8 Å². The molecule has 0 saturated carbocycles. The number of likely N-dealkylation sites (tertiary alicyclic amines) is 1. The summed E-state index contributed by atoms with van der Waals surface area (Å²) in [5.41, 5.74) is 0. The highest BCUT2D eigenvalue weighted by molar-refractivity contribution is 5.86. The summed E-state index contributed by atoms with van der Waals surface area (Å²) in [5, 5.41) is 18.7. The molecule has 0 unspecified atom stereocenters. The number of rotatable bonds is 3. The molecule has 1 fully saturated rings. The third-order valence-corrected chi connectivity index (χ3v) is 2.65. The van der Waals surface area contributed by atoms with Crippen molar-refractivity contribution in [3.05, 3.63) is 0 Å². The van der Waals surface area contributed by atoms with Crippen molar-refractivity contribution in [3.8, 4) is 0 Å². The minimum Gasteiger partial charge on any atom is -0.388 e. The molecule has 1 aliphatic heterocycles. The lowest BCUT2D eigenvalue weighted by atomic mass is 10.0. The zero-order valence-electron chi connectivity index (χ0n) is 8.30. The van der Waals surface area contributed by atoms with Crippen LogP contribution in [-0.4, -0.2) is 52.1 Å². The second-order valence-electron chi connectivity index (χ2n) is 3.55. The number of likely N-dealkylation sites (N-methyl/N-ethyl adjacent to an activating group) is 1. The molecule has 1 rings (SSSR count). The van der Waals surface area contributed by atoms with E-state index in [0.717, 1.165) is 0 Å². The molecule has 5 heteroatoms. The minimum absolute atomic E-state index is 0.0252. The third kappa shape index (κ3) is 1.78. The van der Waals surface area contributed by atoms with Crippen molar-refractivity contribution in [2.45, 2.75) is 38.0 Å². The molecule has 1 aliphatic rings. The molecular formula is C9H15NO4. The average molecular weight is 201 g/mol. The zero-order chi connectivity index (χ0) is 10.9. The van der Waals surface area contributed by atoms with Crippen LogP contribution < -0.4 is 0 Å². The second-order valence-corrected chi connectivity index (χ2v) is 3.55. The van der Waals surface area contributed by atoms with Crippen molar-refractivity contribution < 1.29 is 19.8 Å². The first-order valence-corrected chi connectivity index (χ1v) is 4.63. The number of carbonyl (C=O) groups is 2. The van der Waals surface area contributed by atoms with Gasteiger partial charge in [-0.3, -0.25) is 9.59 Å². The van der Waals surface area contributed by atoms with E-state index < -0.39 is 24.2 Å². The molecule has 0 aromatic carbocycles. The predicted octanol–water partition coefficient (Wildman–Crippen LogP) is -1.08. The van der Waals surface area contributed by atoms with Crippen LogP contribution in [0.5, 0.6) is 0 Å². The van der Waals surface area contributed by atoms with Crippen LogP contribution in [0.25, 0.3) is 0 Å². The van der Waals surface area contributed by atoms with Gasteiger partial charge in [0.2, 0.25) is 0 Å². The van der Waals surface area contributed by atoms with Gasteiger partial charge in [-0.2, -0.15) is 0 Å². The van der Waals surface area contributed by atoms with Crippen LogP contribution in [0, 0.1) is 0 Å². The number of Topliss-reactive ketones (excluding diaryl/α,β-unsaturated/α-hetero) is 1. The molecule has 2 N–H and O–H groups in total. The largest absolute Gasteiger partial charge is 0.388 e. The smallest absolute Gasteiger partial charge is 0.254 e. The third-order valence-electron chi connectivity index (χ3n) is 2.65. The first kappa shape index (κ1) is 11.1. The number of nitrogens with zero attached hydrogens (tertiary/aromatic N) is 1. The van der Waals surface area contributed by atoms with Gasteiger partial charge in [-0.25, -0.2) is 0 Å². The van der Waals surface area contributed by atoms with Crippen LogP contribution in [0.4, 0.5) is 0 Å². The van der Waals surface area contributed by atoms with Crippen molar-refractivity contribution >= 4 is 11.7 Å². The van der Waals surface area contributed by atoms with E-state index in [0.29, 0.717) is 6.42 Å². The first-order valence-electron chi connectivity index (χ1n) is 4.63. The molecule has 14 heavy (non-hydrogen) atoms. The predicted molar refractivity (Wildman–Crippen MR) is 48.5 cm³/mol. The zero-order valence-corrected chi connectivity index (χ0v) is 8.30. The van der Waals surface area contributed by atoms with Crippen LogP contribution in [0.2, 0.25) is 0 Å². The van der Waals surface area contributed by atoms with E-state index in [9.17, 15) is 19.8 Å². The van der Waals surface area contributed by atoms with E-state index in [1.165, 1.54) is 11.9 Å². The second kappa shape index (κ2) is 4.06. The van der Waals surface area contributed by atoms with Crippen molar-refractivity contribution in [2.24, 2.45) is 0 Å². The molecule has 0 spiro atoms. The monoisotopic (exact) mass is 201 g/mol. The number of aliphatic hydroxyl groups excluding tert-OH is 2. The molecule has 1 heterocycles. The number of hydrogen-bond donors (Lipinski definition) is 2. The summed E-state index contributed by atoms with van der Waals surface area (Å²) in [4.78, 5) is 23.6. The summed E-state index contributed by atoms with van der Waals surface area (Å²) in [5.74, 6) is -0.547. The summed E-state index contributed by atoms with van der Waals surface area (Å²) in [6.45, 7) is 1.72. The van der Waals surface area contributed by atoms with Gasteiger partial charge in [0.15, 0.2) is 6.10 Å². The quantitative estimate of drug-likeness (QED) is 0.608. The van der Waals surface area contributed by atoms with Crippen LogP contribution >= 0.6 is 0 Å². The molecule has 0 aromatic heterocycles. The molecule has 0 bridgehead atoms. The van der Waals surface area contributed by atoms with Gasteiger partial charge in [0.1, 0.15) is 11.9 Å². The highest BCUT2D eigenvalue weighted by atomic mass is 16.3. The molecule has 80 valence electrons. The Balaban J connectivity index is 2.70. The van der Waals surface area contributed by atoms with E-state index in [4.69, 9.17) is 0 Å². The van der Waals surface area contributed by atoms with Crippen LogP contribution in [-0.2, 0) is 9.59 Å². The van der Waals surface area contributed by atoms with Gasteiger partial charge >= 0.3 is 0 Å². The van der Waals surface area contributed by atoms with Gasteiger partial charge in [-0.05, 0) is 0 Å². The summed E-state index contributed by atoms with van der Waals surface area (Å²) in [6, 6.07) is -0.579. The van der Waals surface area contributed by atoms with Gasteiger partial charge in [0, 0.05) is 19.9 Å². The van der Waals surface area contributed by atoms with E-state index in [1.807, 2.05) is 0 Å². The normalized spacial score (nSPS) is 32.4. The Labute approximate surface area is 82.3 Å². The maximum Gasteiger partial charge on any atom is 0.254 e. The van der Waals surface area contributed by atoms with Gasteiger partial charge in [-0.1, -0.05) is 6.92 Å². The van der Waals surface area contributed by atoms with Gasteiger partial charge in [-0.15, -0.1) is 0 Å². The fourth-order valence-corrected chi connectivity index (χ4v) is 1.59. The van der Waals surface area contributed by atoms with Gasteiger partial charge < -0.3 is 15.1 Å². The fourth-order valence-electron chi connectivity index (χ4n) is 1.59.